The molecule has 0 atom stereocenters. The van der Waals surface area contributed by atoms with Crippen LogP contribution in [0.25, 0.3) is 0 Å². The van der Waals surface area contributed by atoms with E-state index < -0.39 is 8.80 Å². The van der Waals surface area contributed by atoms with Gasteiger partial charge in [-0.25, -0.2) is 0 Å². The summed E-state index contributed by atoms with van der Waals surface area (Å²) in [6.07, 6.45) is 14.1. The second-order valence-electron chi connectivity index (χ2n) is 5.57. The second-order valence-corrected chi connectivity index (χ2v) is 7.97. The molecule has 0 saturated heterocycles. The van der Waals surface area contributed by atoms with Gasteiger partial charge in [0.15, 0.2) is 0 Å². The largest absolute Gasteiger partial charge is 0.529 e. The number of hydrogen-bond acceptors (Lipinski definition) is 3. The van der Waals surface area contributed by atoms with Gasteiger partial charge in [-0.1, -0.05) is 57.9 Å². The molecule has 132 valence electrons. The minimum Gasteiger partial charge on any atom is -0.371 e. The Bertz CT molecular complexity index is 240. The second kappa shape index (κ2) is 15.7. The quantitative estimate of drug-likeness (QED) is 0.270. The molecule has 0 bridgehead atoms. The summed E-state index contributed by atoms with van der Waals surface area (Å²) >= 11 is 0. The highest BCUT2D eigenvalue weighted by Gasteiger charge is 2.37. The Morgan fingerprint density at radius 3 is 1.55 bits per heavy atom. The molecule has 0 rings (SSSR count). The molecule has 0 aliphatic rings. The van der Waals surface area contributed by atoms with Gasteiger partial charge in [-0.3, -0.25) is 0 Å². The predicted molar refractivity (Wildman–Crippen MR) is 97.0 cm³/mol. The molecule has 0 aromatic carbocycles. The third-order valence-corrected chi connectivity index (χ3v) is 6.30. The monoisotopic (exact) mass is 330 g/mol. The highest BCUT2D eigenvalue weighted by atomic mass is 28.4. The van der Waals surface area contributed by atoms with Crippen LogP contribution >= 0.6 is 0 Å². The molecule has 0 aromatic heterocycles. The van der Waals surface area contributed by atoms with Crippen LogP contribution in [0, 0.1) is 0 Å². The van der Waals surface area contributed by atoms with E-state index >= 15 is 0 Å². The van der Waals surface area contributed by atoms with E-state index in [0.717, 1.165) is 6.42 Å². The van der Waals surface area contributed by atoms with Crippen LogP contribution in [0.15, 0.2) is 11.8 Å². The average Bonchev–Trinajstić information content (AvgIpc) is 2.50. The molecule has 0 amide bonds. The minimum absolute atomic E-state index is 0.633. The van der Waals surface area contributed by atoms with Gasteiger partial charge in [0.2, 0.25) is 0 Å². The van der Waals surface area contributed by atoms with Crippen molar-refractivity contribution < 1.29 is 13.3 Å². The Labute approximate surface area is 139 Å². The van der Waals surface area contributed by atoms with Crippen LogP contribution < -0.4 is 0 Å². The fraction of sp³-hybridized carbons (Fsp3) is 0.889. The fourth-order valence-corrected chi connectivity index (χ4v) is 4.70. The summed E-state index contributed by atoms with van der Waals surface area (Å²) in [5.74, 6) is 0. The molecule has 4 heteroatoms. The maximum absolute atomic E-state index is 5.80. The molecule has 0 heterocycles. The van der Waals surface area contributed by atoms with Crippen LogP contribution in [-0.4, -0.2) is 28.6 Å². The number of rotatable bonds is 16. The van der Waals surface area contributed by atoms with Crippen LogP contribution in [0.3, 0.4) is 0 Å². The van der Waals surface area contributed by atoms with Gasteiger partial charge in [0.05, 0.1) is 0 Å². The average molecular weight is 331 g/mol. The maximum atomic E-state index is 5.80. The fourth-order valence-electron chi connectivity index (χ4n) is 2.50. The van der Waals surface area contributed by atoms with Gasteiger partial charge in [-0.15, -0.1) is 0 Å². The van der Waals surface area contributed by atoms with E-state index in [4.69, 9.17) is 13.3 Å². The highest BCUT2D eigenvalue weighted by Crippen LogP contribution is 2.14. The molecule has 0 radical (unpaired) electrons. The van der Waals surface area contributed by atoms with Crippen molar-refractivity contribution in [1.82, 2.24) is 0 Å². The molecule has 0 fully saturated rings. The van der Waals surface area contributed by atoms with Crippen molar-refractivity contribution in [2.24, 2.45) is 0 Å². The van der Waals surface area contributed by atoms with Crippen LogP contribution in [-0.2, 0) is 13.3 Å². The zero-order valence-electron chi connectivity index (χ0n) is 15.4. The summed E-state index contributed by atoms with van der Waals surface area (Å²) in [6.45, 7) is 10.1. The van der Waals surface area contributed by atoms with E-state index in [-0.39, 0.29) is 0 Å². The van der Waals surface area contributed by atoms with Crippen molar-refractivity contribution in [3.8, 4) is 0 Å². The normalized spacial score (nSPS) is 12.4. The Morgan fingerprint density at radius 2 is 1.09 bits per heavy atom. The van der Waals surface area contributed by atoms with E-state index in [9.17, 15) is 0 Å². The molecule has 3 nitrogen and oxygen atoms in total. The van der Waals surface area contributed by atoms with E-state index in [0.29, 0.717) is 19.8 Å². The summed E-state index contributed by atoms with van der Waals surface area (Å²) < 4.78 is 17.4. The first-order valence-corrected chi connectivity index (χ1v) is 11.1. The third kappa shape index (κ3) is 11.4. The lowest BCUT2D eigenvalue weighted by molar-refractivity contribution is 0.0842. The van der Waals surface area contributed by atoms with Crippen molar-refractivity contribution in [3.05, 3.63) is 11.8 Å². The van der Waals surface area contributed by atoms with E-state index in [1.807, 2.05) is 20.8 Å². The van der Waals surface area contributed by atoms with Gasteiger partial charge < -0.3 is 13.3 Å². The molecule has 0 aliphatic heterocycles. The van der Waals surface area contributed by atoms with Crippen molar-refractivity contribution in [1.29, 1.82) is 0 Å². The predicted octanol–water partition coefficient (Wildman–Crippen LogP) is 5.66. The highest BCUT2D eigenvalue weighted by molar-refractivity contribution is 6.66. The number of hydrogen-bond donors (Lipinski definition) is 0. The van der Waals surface area contributed by atoms with Crippen LogP contribution in [0.2, 0.25) is 0 Å². The molecular formula is C18H38O3Si. The van der Waals surface area contributed by atoms with Crippen molar-refractivity contribution in [3.63, 3.8) is 0 Å². The molecule has 0 N–H and O–H groups in total. The summed E-state index contributed by atoms with van der Waals surface area (Å²) in [6, 6.07) is 0. The Kier molecular flexibility index (Phi) is 15.6. The van der Waals surface area contributed by atoms with Crippen LogP contribution in [0.5, 0.6) is 0 Å². The van der Waals surface area contributed by atoms with Crippen molar-refractivity contribution in [2.45, 2.75) is 85.5 Å². The van der Waals surface area contributed by atoms with Gasteiger partial charge in [-0.2, -0.15) is 0 Å². The van der Waals surface area contributed by atoms with Crippen molar-refractivity contribution in [2.75, 3.05) is 19.8 Å². The van der Waals surface area contributed by atoms with Gasteiger partial charge in [-0.05, 0) is 39.3 Å². The number of unbranched alkanes of at least 4 members (excludes halogenated alkanes) is 8. The molecule has 0 aromatic rings. The SMILES string of the molecule is CCCCCCCCCC/C=C/[Si](OCC)(OCC)OCC. The molecule has 0 unspecified atom stereocenters. The van der Waals surface area contributed by atoms with E-state index in [2.05, 4.69) is 18.7 Å². The standard InChI is InChI=1S/C18H38O3Si/c1-5-9-10-11-12-13-14-15-16-17-18-22(19-6-2,20-7-3)21-8-4/h17-18H,5-16H2,1-4H3/b18-17+. The van der Waals surface area contributed by atoms with Crippen LogP contribution in [0.1, 0.15) is 85.5 Å². The van der Waals surface area contributed by atoms with Gasteiger partial charge in [0.25, 0.3) is 0 Å². The van der Waals surface area contributed by atoms with Crippen molar-refractivity contribution >= 4 is 8.80 Å². The zero-order chi connectivity index (χ0) is 16.5. The Morgan fingerprint density at radius 1 is 0.636 bits per heavy atom. The summed E-state index contributed by atoms with van der Waals surface area (Å²) in [5, 5.41) is 0. The lowest BCUT2D eigenvalue weighted by Gasteiger charge is -2.25. The summed E-state index contributed by atoms with van der Waals surface area (Å²) in [7, 11) is -2.57. The van der Waals surface area contributed by atoms with Crippen LogP contribution in [0.4, 0.5) is 0 Å². The Balaban J connectivity index is 3.89. The molecular weight excluding hydrogens is 292 g/mol. The molecule has 22 heavy (non-hydrogen) atoms. The Hall–Kier alpha value is -0.163. The first-order valence-electron chi connectivity index (χ1n) is 9.34. The first-order chi connectivity index (χ1) is 10.7. The third-order valence-electron chi connectivity index (χ3n) is 3.58. The maximum Gasteiger partial charge on any atom is 0.529 e. The van der Waals surface area contributed by atoms with Gasteiger partial charge in [0.1, 0.15) is 0 Å². The van der Waals surface area contributed by atoms with Gasteiger partial charge in [0, 0.05) is 19.8 Å². The van der Waals surface area contributed by atoms with Gasteiger partial charge >= 0.3 is 8.80 Å². The minimum atomic E-state index is -2.57. The van der Waals surface area contributed by atoms with E-state index in [1.165, 1.54) is 51.4 Å². The topological polar surface area (TPSA) is 27.7 Å². The lowest BCUT2D eigenvalue weighted by Crippen LogP contribution is -2.44. The smallest absolute Gasteiger partial charge is 0.371 e. The lowest BCUT2D eigenvalue weighted by atomic mass is 10.1. The summed E-state index contributed by atoms with van der Waals surface area (Å²) in [4.78, 5) is 0. The zero-order valence-corrected chi connectivity index (χ0v) is 16.4. The molecule has 0 aliphatic carbocycles. The number of allylic oxidation sites excluding steroid dienone is 1. The molecule has 0 spiro atoms. The van der Waals surface area contributed by atoms with E-state index in [1.54, 1.807) is 0 Å². The molecule has 0 saturated carbocycles. The summed E-state index contributed by atoms with van der Waals surface area (Å²) in [5.41, 5.74) is 2.07. The first kappa shape index (κ1) is 21.8.